The monoisotopic (exact) mass is 350 g/mol. The number of benzene rings is 2. The van der Waals surface area contributed by atoms with Gasteiger partial charge in [0.15, 0.2) is 0 Å². The van der Waals surface area contributed by atoms with Crippen molar-refractivity contribution < 1.29 is 35.9 Å². The van der Waals surface area contributed by atoms with E-state index in [1.54, 1.807) is 10.6 Å². The summed E-state index contributed by atoms with van der Waals surface area (Å²) < 4.78 is 74.2. The summed E-state index contributed by atoms with van der Waals surface area (Å²) in [5.74, 6) is -4.57. The zero-order valence-corrected chi connectivity index (χ0v) is 11.5. The summed E-state index contributed by atoms with van der Waals surface area (Å²) in [6, 6.07) is 7.58. The van der Waals surface area contributed by atoms with E-state index in [-0.39, 0.29) is 22.1 Å². The standard InChI is InChI=1S/C14H8F6N2O2/c15-13(16,17)11(23)21-8-5-1-3-7-4-2-6-9(10(7)8)22-12(24)14(18,19)20/h1-6H,(H,21,23)(H,22,24). The molecule has 0 bridgehead atoms. The summed E-state index contributed by atoms with van der Waals surface area (Å²) in [7, 11) is 0. The second-order valence-electron chi connectivity index (χ2n) is 4.61. The number of nitrogens with one attached hydrogen (secondary N) is 2. The highest BCUT2D eigenvalue weighted by atomic mass is 19.4. The number of fused-ring (bicyclic) bond motifs is 1. The first kappa shape index (κ1) is 17.6. The quantitative estimate of drug-likeness (QED) is 0.809. The maximum Gasteiger partial charge on any atom is 0.471 e. The number of rotatable bonds is 2. The van der Waals surface area contributed by atoms with Crippen molar-refractivity contribution >= 4 is 34.0 Å². The molecule has 4 nitrogen and oxygen atoms in total. The van der Waals surface area contributed by atoms with Gasteiger partial charge in [-0.3, -0.25) is 9.59 Å². The molecule has 0 fully saturated rings. The van der Waals surface area contributed by atoms with Gasteiger partial charge in [-0.15, -0.1) is 0 Å². The molecule has 2 aromatic rings. The van der Waals surface area contributed by atoms with Gasteiger partial charge in [-0.05, 0) is 17.5 Å². The Morgan fingerprint density at radius 2 is 1.08 bits per heavy atom. The van der Waals surface area contributed by atoms with E-state index in [4.69, 9.17) is 0 Å². The number of halogens is 6. The van der Waals surface area contributed by atoms with Crippen LogP contribution in [-0.2, 0) is 9.59 Å². The summed E-state index contributed by atoms with van der Waals surface area (Å²) in [6.07, 6.45) is -10.3. The Labute approximate surface area is 130 Å². The molecule has 0 atom stereocenters. The lowest BCUT2D eigenvalue weighted by Gasteiger charge is -2.15. The molecule has 2 aromatic carbocycles. The number of hydrogen-bond acceptors (Lipinski definition) is 2. The molecule has 0 saturated heterocycles. The first-order valence-corrected chi connectivity index (χ1v) is 6.28. The maximum atomic E-state index is 12.4. The molecular weight excluding hydrogens is 342 g/mol. The average molecular weight is 350 g/mol. The van der Waals surface area contributed by atoms with Gasteiger partial charge in [-0.1, -0.05) is 24.3 Å². The lowest BCUT2D eigenvalue weighted by Crippen LogP contribution is -2.31. The maximum absolute atomic E-state index is 12.4. The minimum Gasteiger partial charge on any atom is -0.318 e. The Hall–Kier alpha value is -2.78. The van der Waals surface area contributed by atoms with E-state index in [1.165, 1.54) is 24.3 Å². The van der Waals surface area contributed by atoms with Crippen LogP contribution >= 0.6 is 0 Å². The fourth-order valence-electron chi connectivity index (χ4n) is 1.94. The number of amides is 2. The zero-order valence-electron chi connectivity index (χ0n) is 11.5. The summed E-state index contributed by atoms with van der Waals surface area (Å²) in [5.41, 5.74) is -0.763. The van der Waals surface area contributed by atoms with Crippen molar-refractivity contribution in [2.75, 3.05) is 10.6 Å². The van der Waals surface area contributed by atoms with Crippen LogP contribution in [0, 0.1) is 0 Å². The van der Waals surface area contributed by atoms with Crippen molar-refractivity contribution in [2.24, 2.45) is 0 Å². The minimum absolute atomic E-state index is 0.157. The molecule has 0 aromatic heterocycles. The van der Waals surface area contributed by atoms with E-state index in [9.17, 15) is 35.9 Å². The number of hydrogen-bond donors (Lipinski definition) is 2. The van der Waals surface area contributed by atoms with E-state index >= 15 is 0 Å². The van der Waals surface area contributed by atoms with Crippen LogP contribution in [0.15, 0.2) is 36.4 Å². The number of anilines is 2. The number of carbonyl (C=O) groups excluding carboxylic acids is 2. The van der Waals surface area contributed by atoms with E-state index in [1.807, 2.05) is 0 Å². The molecule has 10 heteroatoms. The van der Waals surface area contributed by atoms with E-state index in [0.29, 0.717) is 0 Å². The average Bonchev–Trinajstić information content (AvgIpc) is 2.45. The first-order valence-electron chi connectivity index (χ1n) is 6.28. The molecule has 0 unspecified atom stereocenters. The van der Waals surface area contributed by atoms with Crippen molar-refractivity contribution in [3.05, 3.63) is 36.4 Å². The normalized spacial score (nSPS) is 12.1. The van der Waals surface area contributed by atoms with Gasteiger partial charge >= 0.3 is 24.2 Å². The van der Waals surface area contributed by atoms with E-state index < -0.39 is 24.2 Å². The molecule has 0 aliphatic carbocycles. The van der Waals surface area contributed by atoms with Gasteiger partial charge in [0.1, 0.15) is 0 Å². The highest BCUT2D eigenvalue weighted by molar-refractivity contribution is 6.12. The molecule has 0 saturated carbocycles. The van der Waals surface area contributed by atoms with Crippen molar-refractivity contribution in [1.29, 1.82) is 0 Å². The molecule has 0 heterocycles. The van der Waals surface area contributed by atoms with Crippen LogP contribution in [0.2, 0.25) is 0 Å². The van der Waals surface area contributed by atoms with Gasteiger partial charge in [0.05, 0.1) is 11.4 Å². The molecule has 2 amide bonds. The summed E-state index contributed by atoms with van der Waals surface area (Å²) in [6.45, 7) is 0. The van der Waals surface area contributed by atoms with Gasteiger partial charge in [-0.25, -0.2) is 0 Å². The van der Waals surface area contributed by atoms with Crippen LogP contribution < -0.4 is 10.6 Å². The SMILES string of the molecule is O=C(Nc1cccc2cccc(NC(=O)C(F)(F)F)c12)C(F)(F)F. The van der Waals surface area contributed by atoms with Gasteiger partial charge in [-0.2, -0.15) is 26.3 Å². The summed E-state index contributed by atoms with van der Waals surface area (Å²) in [4.78, 5) is 22.1. The molecule has 128 valence electrons. The van der Waals surface area contributed by atoms with Gasteiger partial charge in [0.25, 0.3) is 0 Å². The van der Waals surface area contributed by atoms with Crippen molar-refractivity contribution in [2.45, 2.75) is 12.4 Å². The number of alkyl halides is 6. The third kappa shape index (κ3) is 3.76. The molecule has 0 aliphatic rings. The Bertz CT molecular complexity index is 735. The fourth-order valence-corrected chi connectivity index (χ4v) is 1.94. The smallest absolute Gasteiger partial charge is 0.318 e. The predicted octanol–water partition coefficient (Wildman–Crippen LogP) is 3.84. The Morgan fingerprint density at radius 1 is 0.708 bits per heavy atom. The predicted molar refractivity (Wildman–Crippen MR) is 73.3 cm³/mol. The molecular formula is C14H8F6N2O2. The summed E-state index contributed by atoms with van der Waals surface area (Å²) >= 11 is 0. The lowest BCUT2D eigenvalue weighted by atomic mass is 10.1. The van der Waals surface area contributed by atoms with Gasteiger partial charge < -0.3 is 10.6 Å². The summed E-state index contributed by atoms with van der Waals surface area (Å²) in [5, 5.41) is 3.24. The van der Waals surface area contributed by atoms with Crippen LogP contribution in [0.3, 0.4) is 0 Å². The molecule has 24 heavy (non-hydrogen) atoms. The molecule has 0 radical (unpaired) electrons. The van der Waals surface area contributed by atoms with Crippen molar-refractivity contribution in [3.63, 3.8) is 0 Å². The van der Waals surface area contributed by atoms with Gasteiger partial charge in [0, 0.05) is 5.39 Å². The minimum atomic E-state index is -5.17. The molecule has 0 spiro atoms. The van der Waals surface area contributed by atoms with Crippen molar-refractivity contribution in [1.82, 2.24) is 0 Å². The number of carbonyl (C=O) groups is 2. The third-order valence-electron chi connectivity index (χ3n) is 2.92. The fraction of sp³-hybridized carbons (Fsp3) is 0.143. The highest BCUT2D eigenvalue weighted by Crippen LogP contribution is 2.32. The Morgan fingerprint density at radius 3 is 1.42 bits per heavy atom. The van der Waals surface area contributed by atoms with E-state index in [2.05, 4.69) is 0 Å². The Kier molecular flexibility index (Phi) is 4.41. The van der Waals surface area contributed by atoms with Crippen LogP contribution in [0.5, 0.6) is 0 Å². The third-order valence-corrected chi connectivity index (χ3v) is 2.92. The van der Waals surface area contributed by atoms with Crippen LogP contribution in [0.4, 0.5) is 37.7 Å². The second-order valence-corrected chi connectivity index (χ2v) is 4.61. The van der Waals surface area contributed by atoms with E-state index in [0.717, 1.165) is 12.1 Å². The molecule has 2 rings (SSSR count). The van der Waals surface area contributed by atoms with Crippen LogP contribution in [0.25, 0.3) is 10.8 Å². The van der Waals surface area contributed by atoms with Crippen molar-refractivity contribution in [3.8, 4) is 0 Å². The first-order chi connectivity index (χ1) is 11.0. The van der Waals surface area contributed by atoms with Crippen LogP contribution in [-0.4, -0.2) is 24.2 Å². The molecule has 0 aliphatic heterocycles. The second kappa shape index (κ2) is 6.02. The Balaban J connectivity index is 2.50. The largest absolute Gasteiger partial charge is 0.471 e. The van der Waals surface area contributed by atoms with Crippen LogP contribution in [0.1, 0.15) is 0 Å². The zero-order chi connectivity index (χ0) is 18.1. The highest BCUT2D eigenvalue weighted by Gasteiger charge is 2.40. The van der Waals surface area contributed by atoms with Gasteiger partial charge in [0.2, 0.25) is 0 Å². The molecule has 2 N–H and O–H groups in total. The lowest BCUT2D eigenvalue weighted by molar-refractivity contribution is -0.167. The topological polar surface area (TPSA) is 58.2 Å².